The molecule has 0 heterocycles. The highest BCUT2D eigenvalue weighted by atomic mass is 32.2. The number of fused-ring (bicyclic) bond motifs is 2. The first-order valence-electron chi connectivity index (χ1n) is 8.70. The van der Waals surface area contributed by atoms with Crippen LogP contribution in [0.2, 0.25) is 0 Å². The van der Waals surface area contributed by atoms with Crippen LogP contribution in [0.25, 0.3) is 0 Å². The highest BCUT2D eigenvalue weighted by Crippen LogP contribution is 2.44. The first kappa shape index (κ1) is 22.2. The molecule has 0 saturated carbocycles. The molecular formula is C20H8F5NO6S. The van der Waals surface area contributed by atoms with E-state index in [-0.39, 0.29) is 11.1 Å². The van der Waals surface area contributed by atoms with E-state index in [2.05, 4.69) is 0 Å². The maximum Gasteiger partial charge on any atom is 0.268 e. The van der Waals surface area contributed by atoms with E-state index in [9.17, 15) is 50.2 Å². The molecule has 0 spiro atoms. The normalized spacial score (nSPS) is 13.0. The average Bonchev–Trinajstić information content (AvgIpc) is 2.77. The van der Waals surface area contributed by atoms with Crippen LogP contribution >= 0.6 is 0 Å². The van der Waals surface area contributed by atoms with Crippen LogP contribution in [0.3, 0.4) is 0 Å². The van der Waals surface area contributed by atoms with Crippen molar-refractivity contribution in [3.8, 4) is 11.5 Å². The second kappa shape index (κ2) is 7.27. The van der Waals surface area contributed by atoms with Crippen LogP contribution in [0, 0.1) is 29.1 Å². The smallest absolute Gasteiger partial charge is 0.268 e. The number of hydrogen-bond donors (Lipinski definition) is 3. The van der Waals surface area contributed by atoms with Crippen LogP contribution in [0.5, 0.6) is 11.5 Å². The lowest BCUT2D eigenvalue weighted by molar-refractivity contribution is 0.0976. The van der Waals surface area contributed by atoms with E-state index in [1.54, 1.807) is 0 Å². The van der Waals surface area contributed by atoms with Crippen molar-refractivity contribution >= 4 is 27.3 Å². The van der Waals surface area contributed by atoms with Crippen molar-refractivity contribution in [3.05, 3.63) is 81.7 Å². The average molecular weight is 485 g/mol. The molecule has 1 aliphatic carbocycles. The molecule has 0 fully saturated rings. The van der Waals surface area contributed by atoms with Crippen molar-refractivity contribution < 1.29 is 50.2 Å². The van der Waals surface area contributed by atoms with Gasteiger partial charge in [0.15, 0.2) is 51.2 Å². The molecule has 3 N–H and O–H groups in total. The molecule has 7 nitrogen and oxygen atoms in total. The third-order valence-electron chi connectivity index (χ3n) is 4.84. The van der Waals surface area contributed by atoms with Crippen LogP contribution in [0.1, 0.15) is 31.8 Å². The molecule has 1 aliphatic rings. The van der Waals surface area contributed by atoms with E-state index in [1.165, 1.54) is 29.0 Å². The summed E-state index contributed by atoms with van der Waals surface area (Å²) in [5.74, 6) is -17.4. The quantitative estimate of drug-likeness (QED) is 0.177. The number of phenols is 2. The van der Waals surface area contributed by atoms with Gasteiger partial charge in [0.2, 0.25) is 5.82 Å². The summed E-state index contributed by atoms with van der Waals surface area (Å²) in [6.45, 7) is 0. The Bertz CT molecular complexity index is 1490. The Morgan fingerprint density at radius 1 is 0.697 bits per heavy atom. The Labute approximate surface area is 180 Å². The fourth-order valence-electron chi connectivity index (χ4n) is 3.32. The van der Waals surface area contributed by atoms with Crippen molar-refractivity contribution in [1.82, 2.24) is 0 Å². The fraction of sp³-hybridized carbons (Fsp3) is 0. The number of sulfonamides is 1. The molecule has 3 aromatic carbocycles. The van der Waals surface area contributed by atoms with Crippen LogP contribution in [-0.4, -0.2) is 30.2 Å². The van der Waals surface area contributed by atoms with Gasteiger partial charge in [0.1, 0.15) is 0 Å². The van der Waals surface area contributed by atoms with Gasteiger partial charge >= 0.3 is 0 Å². The first-order chi connectivity index (χ1) is 15.4. The molecule has 3 aromatic rings. The van der Waals surface area contributed by atoms with Crippen molar-refractivity contribution in [2.24, 2.45) is 0 Å². The SMILES string of the molecule is O=C1c2ccccc2C(=O)c2c1cc(NS(=O)(=O)c1c(F)c(F)c(F)c(F)c1F)c(O)c2O. The number of rotatable bonds is 3. The Hall–Kier alpha value is -4.00. The maximum absolute atomic E-state index is 14.0. The summed E-state index contributed by atoms with van der Waals surface area (Å²) in [5.41, 5.74) is -2.54. The molecule has 0 radical (unpaired) electrons. The van der Waals surface area contributed by atoms with Gasteiger partial charge in [-0.05, 0) is 6.07 Å². The number of aromatic hydroxyl groups is 2. The number of ketones is 2. The zero-order chi connectivity index (χ0) is 24.4. The van der Waals surface area contributed by atoms with Crippen LogP contribution in [0.4, 0.5) is 27.6 Å². The van der Waals surface area contributed by atoms with E-state index < -0.39 is 83.9 Å². The lowest BCUT2D eigenvalue weighted by Crippen LogP contribution is -2.23. The van der Waals surface area contributed by atoms with Crippen LogP contribution in [-0.2, 0) is 10.0 Å². The topological polar surface area (TPSA) is 121 Å². The van der Waals surface area contributed by atoms with Crippen molar-refractivity contribution in [3.63, 3.8) is 0 Å². The van der Waals surface area contributed by atoms with E-state index >= 15 is 0 Å². The minimum Gasteiger partial charge on any atom is -0.504 e. The summed E-state index contributed by atoms with van der Waals surface area (Å²) in [6, 6.07) is 5.97. The van der Waals surface area contributed by atoms with E-state index in [1.807, 2.05) is 0 Å². The second-order valence-corrected chi connectivity index (χ2v) is 8.37. The van der Waals surface area contributed by atoms with Gasteiger partial charge in [-0.1, -0.05) is 24.3 Å². The molecule has 4 rings (SSSR count). The number of phenolic OH excluding ortho intramolecular Hbond substituents is 2. The third kappa shape index (κ3) is 3.11. The fourth-order valence-corrected chi connectivity index (χ4v) is 4.52. The largest absolute Gasteiger partial charge is 0.504 e. The Morgan fingerprint density at radius 3 is 1.73 bits per heavy atom. The summed E-state index contributed by atoms with van der Waals surface area (Å²) in [6.07, 6.45) is 0. The van der Waals surface area contributed by atoms with Gasteiger partial charge in [-0.15, -0.1) is 0 Å². The molecular weight excluding hydrogens is 477 g/mol. The summed E-state index contributed by atoms with van der Waals surface area (Å²) in [4.78, 5) is 23.2. The Kier molecular flexibility index (Phi) is 4.89. The number of hydrogen-bond acceptors (Lipinski definition) is 6. The van der Waals surface area contributed by atoms with Crippen LogP contribution in [0.15, 0.2) is 35.2 Å². The summed E-state index contributed by atoms with van der Waals surface area (Å²) in [5, 5.41) is 20.4. The molecule has 0 bridgehead atoms. The number of carbonyl (C=O) groups is 2. The van der Waals surface area contributed by atoms with E-state index in [0.29, 0.717) is 6.07 Å². The predicted molar refractivity (Wildman–Crippen MR) is 100 cm³/mol. The van der Waals surface area contributed by atoms with Gasteiger partial charge in [-0.2, -0.15) is 0 Å². The predicted octanol–water partition coefficient (Wildman–Crippen LogP) is 3.37. The van der Waals surface area contributed by atoms with Gasteiger partial charge in [0.05, 0.1) is 11.3 Å². The molecule has 0 aromatic heterocycles. The third-order valence-corrected chi connectivity index (χ3v) is 6.23. The molecule has 33 heavy (non-hydrogen) atoms. The Balaban J connectivity index is 1.89. The van der Waals surface area contributed by atoms with Crippen molar-refractivity contribution in [1.29, 1.82) is 0 Å². The molecule has 170 valence electrons. The lowest BCUT2D eigenvalue weighted by Gasteiger charge is -2.21. The highest BCUT2D eigenvalue weighted by Gasteiger charge is 2.37. The molecule has 0 saturated heterocycles. The number of anilines is 1. The van der Waals surface area contributed by atoms with Gasteiger partial charge in [-0.25, -0.2) is 30.4 Å². The van der Waals surface area contributed by atoms with Crippen molar-refractivity contribution in [2.75, 3.05) is 4.72 Å². The number of halogens is 5. The molecule has 0 aliphatic heterocycles. The summed E-state index contributed by atoms with van der Waals surface area (Å²) in [7, 11) is -5.61. The van der Waals surface area contributed by atoms with Crippen LogP contribution < -0.4 is 4.72 Å². The zero-order valence-corrected chi connectivity index (χ0v) is 16.5. The van der Waals surface area contributed by atoms with Gasteiger partial charge < -0.3 is 10.2 Å². The van der Waals surface area contributed by atoms with Gasteiger partial charge in [-0.3, -0.25) is 14.3 Å². The van der Waals surface area contributed by atoms with E-state index in [0.717, 1.165) is 0 Å². The van der Waals surface area contributed by atoms with Gasteiger partial charge in [0, 0.05) is 16.7 Å². The molecule has 13 heteroatoms. The zero-order valence-electron chi connectivity index (χ0n) is 15.7. The molecule has 0 amide bonds. The van der Waals surface area contributed by atoms with E-state index in [4.69, 9.17) is 0 Å². The van der Waals surface area contributed by atoms with Crippen molar-refractivity contribution in [2.45, 2.75) is 4.90 Å². The standard InChI is InChI=1S/C20H8F5NO6S/c21-11-12(22)14(24)20(15(25)13(11)23)33(31,32)26-9-5-8-10(19(30)18(9)29)17(28)7-4-2-1-3-6(7)16(8)27/h1-5,26,29-30H. The molecule has 0 unspecified atom stereocenters. The lowest BCUT2D eigenvalue weighted by atomic mass is 9.83. The minimum absolute atomic E-state index is 0.112. The molecule has 0 atom stereocenters. The summed E-state index contributed by atoms with van der Waals surface area (Å²) >= 11 is 0. The van der Waals surface area contributed by atoms with Gasteiger partial charge in [0.25, 0.3) is 10.0 Å². The monoisotopic (exact) mass is 485 g/mol. The number of nitrogens with one attached hydrogen (secondary N) is 1. The summed E-state index contributed by atoms with van der Waals surface area (Å²) < 4.78 is 94.4. The maximum atomic E-state index is 14.0. The highest BCUT2D eigenvalue weighted by molar-refractivity contribution is 7.92. The minimum atomic E-state index is -5.61. The number of carbonyl (C=O) groups excluding carboxylic acids is 2. The second-order valence-electron chi connectivity index (χ2n) is 6.75. The number of benzene rings is 3. The first-order valence-corrected chi connectivity index (χ1v) is 10.2. The Morgan fingerprint density at radius 2 is 1.18 bits per heavy atom.